The van der Waals surface area contributed by atoms with Crippen molar-refractivity contribution in [2.45, 2.75) is 32.1 Å². The molecule has 3 aromatic rings. The molecule has 0 spiro atoms. The van der Waals surface area contributed by atoms with Gasteiger partial charge in [0.2, 0.25) is 0 Å². The molecule has 26 heavy (non-hydrogen) atoms. The van der Waals surface area contributed by atoms with Crippen LogP contribution in [0.3, 0.4) is 0 Å². The summed E-state index contributed by atoms with van der Waals surface area (Å²) in [7, 11) is 0. The molecule has 0 aliphatic carbocycles. The SMILES string of the molecule is c1ccc2[nH]c(-c3ccc(OCCCCN4CCCCC4)cc3)nc2c1. The second-order valence-corrected chi connectivity index (χ2v) is 7.08. The standard InChI is InChI=1S/C22H27N3O/c1-4-14-25(15-5-1)16-6-7-17-26-19-12-10-18(11-13-19)22-23-20-8-2-3-9-21(20)24-22/h2-3,8-13H,1,4-7,14-17H2,(H,23,24). The van der Waals surface area contributed by atoms with Crippen LogP contribution in [0.2, 0.25) is 0 Å². The minimum Gasteiger partial charge on any atom is -0.494 e. The van der Waals surface area contributed by atoms with E-state index in [0.717, 1.165) is 41.2 Å². The van der Waals surface area contributed by atoms with E-state index in [-0.39, 0.29) is 0 Å². The highest BCUT2D eigenvalue weighted by Gasteiger charge is 2.09. The third-order valence-electron chi connectivity index (χ3n) is 5.10. The lowest BCUT2D eigenvalue weighted by Crippen LogP contribution is -2.30. The average Bonchev–Trinajstić information content (AvgIpc) is 3.13. The molecule has 4 heteroatoms. The lowest BCUT2D eigenvalue weighted by Gasteiger charge is -2.26. The van der Waals surface area contributed by atoms with Crippen molar-refractivity contribution >= 4 is 11.0 Å². The van der Waals surface area contributed by atoms with Crippen LogP contribution in [0.1, 0.15) is 32.1 Å². The molecule has 136 valence electrons. The van der Waals surface area contributed by atoms with Crippen molar-refractivity contribution in [3.8, 4) is 17.1 Å². The molecule has 2 heterocycles. The summed E-state index contributed by atoms with van der Waals surface area (Å²) in [5.41, 5.74) is 3.15. The number of imidazole rings is 1. The normalized spacial score (nSPS) is 15.4. The van der Waals surface area contributed by atoms with Crippen molar-refractivity contribution in [1.82, 2.24) is 14.9 Å². The number of ether oxygens (including phenoxy) is 1. The molecule has 2 aromatic carbocycles. The van der Waals surface area contributed by atoms with Gasteiger partial charge in [-0.1, -0.05) is 18.6 Å². The number of hydrogen-bond donors (Lipinski definition) is 1. The number of aromatic nitrogens is 2. The van der Waals surface area contributed by atoms with Crippen LogP contribution < -0.4 is 4.74 Å². The van der Waals surface area contributed by atoms with Gasteiger partial charge < -0.3 is 14.6 Å². The Kier molecular flexibility index (Phi) is 5.50. The lowest BCUT2D eigenvalue weighted by molar-refractivity contribution is 0.216. The maximum atomic E-state index is 5.90. The van der Waals surface area contributed by atoms with Crippen LogP contribution >= 0.6 is 0 Å². The molecular formula is C22H27N3O. The fourth-order valence-electron chi connectivity index (χ4n) is 3.61. The van der Waals surface area contributed by atoms with Gasteiger partial charge in [-0.05, 0) is 81.7 Å². The van der Waals surface area contributed by atoms with Crippen LogP contribution in [0.5, 0.6) is 5.75 Å². The van der Waals surface area contributed by atoms with Gasteiger partial charge in [0.15, 0.2) is 0 Å². The first kappa shape index (κ1) is 17.1. The van der Waals surface area contributed by atoms with E-state index in [4.69, 9.17) is 4.74 Å². The van der Waals surface area contributed by atoms with E-state index in [9.17, 15) is 0 Å². The van der Waals surface area contributed by atoms with Crippen LogP contribution in [0.25, 0.3) is 22.4 Å². The number of benzene rings is 2. The maximum Gasteiger partial charge on any atom is 0.138 e. The molecule has 0 amide bonds. The number of rotatable bonds is 7. The van der Waals surface area contributed by atoms with Gasteiger partial charge in [-0.25, -0.2) is 4.98 Å². The number of fused-ring (bicyclic) bond motifs is 1. The fraction of sp³-hybridized carbons (Fsp3) is 0.409. The average molecular weight is 349 g/mol. The molecule has 1 fully saturated rings. The van der Waals surface area contributed by atoms with Gasteiger partial charge in [0.05, 0.1) is 17.6 Å². The van der Waals surface area contributed by atoms with Crippen LogP contribution in [-0.4, -0.2) is 41.1 Å². The van der Waals surface area contributed by atoms with E-state index in [0.29, 0.717) is 0 Å². The number of piperidine rings is 1. The molecule has 1 aliphatic heterocycles. The molecule has 1 aromatic heterocycles. The number of unbranched alkanes of at least 4 members (excludes halogenated alkanes) is 1. The number of aromatic amines is 1. The minimum absolute atomic E-state index is 0.790. The Balaban J connectivity index is 1.25. The molecule has 1 N–H and O–H groups in total. The maximum absolute atomic E-state index is 5.90. The summed E-state index contributed by atoms with van der Waals surface area (Å²) in [4.78, 5) is 10.6. The van der Waals surface area contributed by atoms with Gasteiger partial charge in [-0.3, -0.25) is 0 Å². The molecule has 1 saturated heterocycles. The highest BCUT2D eigenvalue weighted by atomic mass is 16.5. The van der Waals surface area contributed by atoms with Crippen molar-refractivity contribution in [2.75, 3.05) is 26.2 Å². The quantitative estimate of drug-likeness (QED) is 0.618. The van der Waals surface area contributed by atoms with Crippen molar-refractivity contribution in [2.24, 2.45) is 0 Å². The number of para-hydroxylation sites is 2. The Morgan fingerprint density at radius 2 is 1.73 bits per heavy atom. The molecule has 0 saturated carbocycles. The number of H-pyrrole nitrogens is 1. The predicted molar refractivity (Wildman–Crippen MR) is 107 cm³/mol. The van der Waals surface area contributed by atoms with Crippen LogP contribution in [0.15, 0.2) is 48.5 Å². The van der Waals surface area contributed by atoms with E-state index < -0.39 is 0 Å². The zero-order valence-electron chi connectivity index (χ0n) is 15.3. The summed E-state index contributed by atoms with van der Waals surface area (Å²) >= 11 is 0. The van der Waals surface area contributed by atoms with Crippen molar-refractivity contribution < 1.29 is 4.74 Å². The smallest absolute Gasteiger partial charge is 0.138 e. The highest BCUT2D eigenvalue weighted by Crippen LogP contribution is 2.23. The summed E-state index contributed by atoms with van der Waals surface area (Å²) in [6.45, 7) is 4.57. The van der Waals surface area contributed by atoms with Crippen molar-refractivity contribution in [3.05, 3.63) is 48.5 Å². The van der Waals surface area contributed by atoms with E-state index in [1.165, 1.54) is 45.3 Å². The summed E-state index contributed by atoms with van der Waals surface area (Å²) in [5, 5.41) is 0. The monoisotopic (exact) mass is 349 g/mol. The van der Waals surface area contributed by atoms with E-state index in [2.05, 4.69) is 27.0 Å². The van der Waals surface area contributed by atoms with Gasteiger partial charge in [-0.15, -0.1) is 0 Å². The van der Waals surface area contributed by atoms with E-state index >= 15 is 0 Å². The van der Waals surface area contributed by atoms with E-state index in [1.807, 2.05) is 36.4 Å². The Morgan fingerprint density at radius 1 is 0.923 bits per heavy atom. The number of nitrogens with one attached hydrogen (secondary N) is 1. The van der Waals surface area contributed by atoms with Crippen LogP contribution in [0.4, 0.5) is 0 Å². The summed E-state index contributed by atoms with van der Waals surface area (Å²) in [6.07, 6.45) is 6.48. The Hall–Kier alpha value is -2.33. The molecule has 0 radical (unpaired) electrons. The number of hydrogen-bond acceptors (Lipinski definition) is 3. The topological polar surface area (TPSA) is 41.1 Å². The summed E-state index contributed by atoms with van der Waals surface area (Å²) in [5.74, 6) is 1.84. The first-order chi connectivity index (χ1) is 12.9. The van der Waals surface area contributed by atoms with E-state index in [1.54, 1.807) is 0 Å². The Labute approximate surface area is 155 Å². The largest absolute Gasteiger partial charge is 0.494 e. The van der Waals surface area contributed by atoms with Gasteiger partial charge in [0, 0.05) is 5.56 Å². The summed E-state index contributed by atoms with van der Waals surface area (Å²) < 4.78 is 5.90. The Morgan fingerprint density at radius 3 is 2.54 bits per heavy atom. The molecular weight excluding hydrogens is 322 g/mol. The Bertz CT molecular complexity index is 786. The zero-order valence-corrected chi connectivity index (χ0v) is 15.3. The number of nitrogens with zero attached hydrogens (tertiary/aromatic N) is 2. The molecule has 0 atom stereocenters. The molecule has 0 bridgehead atoms. The second-order valence-electron chi connectivity index (χ2n) is 7.08. The zero-order chi connectivity index (χ0) is 17.6. The highest BCUT2D eigenvalue weighted by molar-refractivity contribution is 5.79. The van der Waals surface area contributed by atoms with Crippen molar-refractivity contribution in [3.63, 3.8) is 0 Å². The van der Waals surface area contributed by atoms with Gasteiger partial charge >= 0.3 is 0 Å². The first-order valence-electron chi connectivity index (χ1n) is 9.79. The fourth-order valence-corrected chi connectivity index (χ4v) is 3.61. The van der Waals surface area contributed by atoms with Crippen LogP contribution in [-0.2, 0) is 0 Å². The van der Waals surface area contributed by atoms with Crippen molar-refractivity contribution in [1.29, 1.82) is 0 Å². The minimum atomic E-state index is 0.790. The summed E-state index contributed by atoms with van der Waals surface area (Å²) in [6, 6.07) is 16.3. The third kappa shape index (κ3) is 4.25. The lowest BCUT2D eigenvalue weighted by atomic mass is 10.1. The molecule has 0 unspecified atom stereocenters. The van der Waals surface area contributed by atoms with Gasteiger partial charge in [0.1, 0.15) is 11.6 Å². The second kappa shape index (κ2) is 8.37. The molecule has 4 rings (SSSR count). The van der Waals surface area contributed by atoms with Gasteiger partial charge in [0.25, 0.3) is 0 Å². The van der Waals surface area contributed by atoms with Crippen LogP contribution in [0, 0.1) is 0 Å². The van der Waals surface area contributed by atoms with Gasteiger partial charge in [-0.2, -0.15) is 0 Å². The molecule has 1 aliphatic rings. The third-order valence-corrected chi connectivity index (χ3v) is 5.10. The predicted octanol–water partition coefficient (Wildman–Crippen LogP) is 4.87. The number of likely N-dealkylation sites (tertiary alicyclic amines) is 1. The first-order valence-corrected chi connectivity index (χ1v) is 9.79. The molecule has 4 nitrogen and oxygen atoms in total.